The standard InChI is InChI=1S/C22H23F2N5/c1-12-15-5-4-13(6-18(15)21(2,3)11-27-12)16-9-25-19-17(16)10-26-20(29-19)28-14-7-22(23,24)8-14/h4-6,9-10,14,27H,1,7-8,11H2,2-3H3,(H2,25,26,28,29). The molecule has 0 amide bonds. The van der Waals surface area contributed by atoms with Crippen LogP contribution in [0.25, 0.3) is 27.9 Å². The van der Waals surface area contributed by atoms with Crippen LogP contribution in [0.4, 0.5) is 14.7 Å². The van der Waals surface area contributed by atoms with Crippen LogP contribution in [0.1, 0.15) is 37.8 Å². The van der Waals surface area contributed by atoms with Gasteiger partial charge in [0.2, 0.25) is 5.95 Å². The number of hydrogen-bond donors (Lipinski definition) is 3. The van der Waals surface area contributed by atoms with Gasteiger partial charge in [-0.3, -0.25) is 0 Å². The topological polar surface area (TPSA) is 65.6 Å². The zero-order valence-corrected chi connectivity index (χ0v) is 16.4. The Morgan fingerprint density at radius 3 is 2.76 bits per heavy atom. The average Bonchev–Trinajstić information content (AvgIpc) is 3.07. The smallest absolute Gasteiger partial charge is 0.252 e. The fourth-order valence-electron chi connectivity index (χ4n) is 4.21. The van der Waals surface area contributed by atoms with Crippen LogP contribution in [0.15, 0.2) is 37.2 Å². The number of nitrogens with zero attached hydrogens (tertiary/aromatic N) is 2. The van der Waals surface area contributed by atoms with Gasteiger partial charge in [-0.2, -0.15) is 4.98 Å². The van der Waals surface area contributed by atoms with E-state index in [1.165, 1.54) is 5.56 Å². The van der Waals surface area contributed by atoms with Crippen molar-refractivity contribution in [3.8, 4) is 11.1 Å². The van der Waals surface area contributed by atoms with Gasteiger partial charge in [0.25, 0.3) is 5.92 Å². The van der Waals surface area contributed by atoms with Crippen molar-refractivity contribution in [1.29, 1.82) is 0 Å². The molecule has 7 heteroatoms. The maximum Gasteiger partial charge on any atom is 0.252 e. The van der Waals surface area contributed by atoms with Crippen LogP contribution in [-0.4, -0.2) is 33.5 Å². The number of aromatic nitrogens is 3. The van der Waals surface area contributed by atoms with E-state index in [0.717, 1.165) is 34.3 Å². The number of benzene rings is 1. The van der Waals surface area contributed by atoms with E-state index in [4.69, 9.17) is 0 Å². The van der Waals surface area contributed by atoms with E-state index in [0.29, 0.717) is 11.6 Å². The lowest BCUT2D eigenvalue weighted by Crippen LogP contribution is -2.44. The number of anilines is 1. The van der Waals surface area contributed by atoms with E-state index >= 15 is 0 Å². The van der Waals surface area contributed by atoms with E-state index < -0.39 is 5.92 Å². The summed E-state index contributed by atoms with van der Waals surface area (Å²) in [4.78, 5) is 12.0. The molecule has 0 bridgehead atoms. The highest BCUT2D eigenvalue weighted by Crippen LogP contribution is 2.39. The number of fused-ring (bicyclic) bond motifs is 2. The molecule has 1 aliphatic carbocycles. The number of hydrogen-bond acceptors (Lipinski definition) is 4. The van der Waals surface area contributed by atoms with E-state index in [1.807, 2.05) is 6.20 Å². The molecule has 150 valence electrons. The average molecular weight is 395 g/mol. The fourth-order valence-corrected chi connectivity index (χ4v) is 4.21. The van der Waals surface area contributed by atoms with Gasteiger partial charge in [-0.1, -0.05) is 32.6 Å². The zero-order chi connectivity index (χ0) is 20.4. The summed E-state index contributed by atoms with van der Waals surface area (Å²) in [6.45, 7) is 9.40. The summed E-state index contributed by atoms with van der Waals surface area (Å²) < 4.78 is 26.1. The molecule has 0 spiro atoms. The second kappa shape index (κ2) is 6.02. The van der Waals surface area contributed by atoms with Gasteiger partial charge in [0.1, 0.15) is 5.65 Å². The van der Waals surface area contributed by atoms with Crippen LogP contribution >= 0.6 is 0 Å². The molecule has 1 saturated carbocycles. The van der Waals surface area contributed by atoms with Crippen LogP contribution in [0, 0.1) is 0 Å². The highest BCUT2D eigenvalue weighted by molar-refractivity contribution is 5.94. The fraction of sp³-hybridized carbons (Fsp3) is 0.364. The number of alkyl halides is 2. The Bertz CT molecular complexity index is 1120. The first-order chi connectivity index (χ1) is 13.7. The van der Waals surface area contributed by atoms with Crippen molar-refractivity contribution in [2.75, 3.05) is 11.9 Å². The first kappa shape index (κ1) is 18.1. The van der Waals surface area contributed by atoms with Crippen molar-refractivity contribution >= 4 is 22.7 Å². The Balaban J connectivity index is 1.48. The third kappa shape index (κ3) is 3.05. The number of aromatic amines is 1. The third-order valence-corrected chi connectivity index (χ3v) is 5.98. The van der Waals surface area contributed by atoms with Crippen LogP contribution < -0.4 is 10.6 Å². The summed E-state index contributed by atoms with van der Waals surface area (Å²) in [5, 5.41) is 7.27. The van der Waals surface area contributed by atoms with E-state index in [-0.39, 0.29) is 24.3 Å². The Morgan fingerprint density at radius 1 is 1.21 bits per heavy atom. The van der Waals surface area contributed by atoms with Gasteiger partial charge in [-0.25, -0.2) is 13.8 Å². The molecule has 3 heterocycles. The minimum absolute atomic E-state index is 0.00291. The minimum atomic E-state index is -2.57. The molecule has 0 atom stereocenters. The Kier molecular flexibility index (Phi) is 3.75. The summed E-state index contributed by atoms with van der Waals surface area (Å²) in [5.41, 5.74) is 6.14. The quantitative estimate of drug-likeness (QED) is 0.602. The SMILES string of the molecule is C=C1NCC(C)(C)c2cc(-c3c[nH]c4nc(NC5CC(F)(F)C5)ncc34)ccc21. The number of nitrogens with one attached hydrogen (secondary N) is 3. The molecule has 5 rings (SSSR count). The Labute approximate surface area is 167 Å². The monoisotopic (exact) mass is 395 g/mol. The maximum atomic E-state index is 13.0. The van der Waals surface area contributed by atoms with Crippen LogP contribution in [0.3, 0.4) is 0 Å². The van der Waals surface area contributed by atoms with Gasteiger partial charge in [-0.05, 0) is 17.2 Å². The molecular formula is C22H23F2N5. The predicted octanol–water partition coefficient (Wildman–Crippen LogP) is 4.69. The van der Waals surface area contributed by atoms with Crippen molar-refractivity contribution in [1.82, 2.24) is 20.3 Å². The van der Waals surface area contributed by atoms with Gasteiger partial charge < -0.3 is 15.6 Å². The molecule has 3 aromatic rings. The molecule has 0 unspecified atom stereocenters. The summed E-state index contributed by atoms with van der Waals surface area (Å²) in [5.74, 6) is -2.19. The molecule has 2 aromatic heterocycles. The summed E-state index contributed by atoms with van der Waals surface area (Å²) in [6.07, 6.45) is 3.33. The predicted molar refractivity (Wildman–Crippen MR) is 111 cm³/mol. The Morgan fingerprint density at radius 2 is 2.00 bits per heavy atom. The van der Waals surface area contributed by atoms with Crippen molar-refractivity contribution in [3.63, 3.8) is 0 Å². The van der Waals surface area contributed by atoms with E-state index in [9.17, 15) is 8.78 Å². The highest BCUT2D eigenvalue weighted by Gasteiger charge is 2.45. The van der Waals surface area contributed by atoms with Gasteiger partial charge in [-0.15, -0.1) is 0 Å². The van der Waals surface area contributed by atoms with Gasteiger partial charge >= 0.3 is 0 Å². The molecule has 2 aliphatic rings. The first-order valence-corrected chi connectivity index (χ1v) is 9.78. The maximum absolute atomic E-state index is 13.0. The summed E-state index contributed by atoms with van der Waals surface area (Å²) >= 11 is 0. The Hall–Kier alpha value is -2.96. The zero-order valence-electron chi connectivity index (χ0n) is 16.4. The molecule has 0 radical (unpaired) electrons. The number of rotatable bonds is 3. The number of halogens is 2. The van der Waals surface area contributed by atoms with Gasteiger partial charge in [0, 0.05) is 65.4 Å². The van der Waals surface area contributed by atoms with E-state index in [2.05, 4.69) is 64.2 Å². The summed E-state index contributed by atoms with van der Waals surface area (Å²) in [6, 6.07) is 6.12. The first-order valence-electron chi connectivity index (χ1n) is 9.78. The van der Waals surface area contributed by atoms with Crippen molar-refractivity contribution in [3.05, 3.63) is 48.3 Å². The second-order valence-corrected chi connectivity index (χ2v) is 8.74. The second-order valence-electron chi connectivity index (χ2n) is 8.74. The van der Waals surface area contributed by atoms with Gasteiger partial charge in [0.05, 0.1) is 0 Å². The molecule has 5 nitrogen and oxygen atoms in total. The van der Waals surface area contributed by atoms with Crippen LogP contribution in [0.5, 0.6) is 0 Å². The molecule has 0 saturated heterocycles. The normalized spacial score (nSPS) is 20.1. The lowest BCUT2D eigenvalue weighted by molar-refractivity contribution is -0.0794. The number of H-pyrrole nitrogens is 1. The molecule has 3 N–H and O–H groups in total. The minimum Gasteiger partial charge on any atom is -0.384 e. The molecule has 29 heavy (non-hydrogen) atoms. The van der Waals surface area contributed by atoms with Crippen LogP contribution in [-0.2, 0) is 5.41 Å². The van der Waals surface area contributed by atoms with Gasteiger partial charge in [0.15, 0.2) is 0 Å². The van der Waals surface area contributed by atoms with Crippen LogP contribution in [0.2, 0.25) is 0 Å². The summed E-state index contributed by atoms with van der Waals surface area (Å²) in [7, 11) is 0. The molecule has 1 aliphatic heterocycles. The van der Waals surface area contributed by atoms with E-state index in [1.54, 1.807) is 6.20 Å². The van der Waals surface area contributed by atoms with Crippen molar-refractivity contribution in [2.24, 2.45) is 0 Å². The third-order valence-electron chi connectivity index (χ3n) is 5.98. The largest absolute Gasteiger partial charge is 0.384 e. The molecule has 1 fully saturated rings. The lowest BCUT2D eigenvalue weighted by atomic mass is 9.77. The highest BCUT2D eigenvalue weighted by atomic mass is 19.3. The van der Waals surface area contributed by atoms with Crippen molar-refractivity contribution in [2.45, 2.75) is 44.1 Å². The lowest BCUT2D eigenvalue weighted by Gasteiger charge is -2.35. The molecular weight excluding hydrogens is 372 g/mol. The van der Waals surface area contributed by atoms with Crippen molar-refractivity contribution < 1.29 is 8.78 Å². The molecule has 1 aromatic carbocycles.